The van der Waals surface area contributed by atoms with Crippen molar-refractivity contribution in [2.75, 3.05) is 32.1 Å². The summed E-state index contributed by atoms with van der Waals surface area (Å²) >= 11 is 6.19. The van der Waals surface area contributed by atoms with Crippen LogP contribution < -0.4 is 10.1 Å². The van der Waals surface area contributed by atoms with Gasteiger partial charge in [0, 0.05) is 36.1 Å². The number of rotatable bonds is 3. The highest BCUT2D eigenvalue weighted by atomic mass is 35.5. The number of fused-ring (bicyclic) bond motifs is 2. The molecule has 2 aromatic carbocycles. The summed E-state index contributed by atoms with van der Waals surface area (Å²) in [6.07, 6.45) is 3.09. The largest absolute Gasteiger partial charge is 0.496 e. The van der Waals surface area contributed by atoms with E-state index in [-0.39, 0.29) is 30.8 Å². The van der Waals surface area contributed by atoms with Gasteiger partial charge >= 0.3 is 0 Å². The quantitative estimate of drug-likeness (QED) is 0.626. The van der Waals surface area contributed by atoms with Gasteiger partial charge in [0.2, 0.25) is 5.91 Å². The third-order valence-electron chi connectivity index (χ3n) is 6.12. The number of nitrogens with zero attached hydrogens (tertiary/aromatic N) is 3. The molecule has 2 aliphatic rings. The van der Waals surface area contributed by atoms with Crippen molar-refractivity contribution >= 4 is 35.0 Å². The van der Waals surface area contributed by atoms with E-state index in [4.69, 9.17) is 16.3 Å². The number of hydrogen-bond donors (Lipinski definition) is 1. The highest BCUT2D eigenvalue weighted by Crippen LogP contribution is 2.36. The van der Waals surface area contributed by atoms with Crippen molar-refractivity contribution in [2.45, 2.75) is 6.04 Å². The molecule has 8 nitrogen and oxygen atoms in total. The number of benzene rings is 2. The minimum absolute atomic E-state index is 0.105. The fraction of sp³-hybridized carbons (Fsp3) is 0.200. The predicted octanol–water partition coefficient (Wildman–Crippen LogP) is 3.33. The summed E-state index contributed by atoms with van der Waals surface area (Å²) in [6.45, 7) is 0.668. The number of methoxy groups -OCH3 is 1. The van der Waals surface area contributed by atoms with Crippen molar-refractivity contribution in [1.82, 2.24) is 14.8 Å². The molecule has 3 aromatic rings. The summed E-state index contributed by atoms with van der Waals surface area (Å²) < 4.78 is 5.46. The maximum Gasteiger partial charge on any atom is 0.256 e. The van der Waals surface area contributed by atoms with E-state index in [1.807, 2.05) is 6.07 Å². The summed E-state index contributed by atoms with van der Waals surface area (Å²) in [5.74, 6) is -0.196. The molecule has 1 saturated heterocycles. The van der Waals surface area contributed by atoms with Crippen LogP contribution in [-0.4, -0.2) is 65.3 Å². The highest BCUT2D eigenvalue weighted by molar-refractivity contribution is 6.31. The van der Waals surface area contributed by atoms with Crippen LogP contribution in [0.3, 0.4) is 0 Å². The lowest BCUT2D eigenvalue weighted by Gasteiger charge is -2.39. The number of halogens is 1. The lowest BCUT2D eigenvalue weighted by atomic mass is 10.00. The van der Waals surface area contributed by atoms with Gasteiger partial charge in [-0.2, -0.15) is 0 Å². The van der Waals surface area contributed by atoms with Crippen molar-refractivity contribution in [3.63, 3.8) is 0 Å². The summed E-state index contributed by atoms with van der Waals surface area (Å²) in [5.41, 5.74) is 2.73. The van der Waals surface area contributed by atoms with Crippen LogP contribution in [0.1, 0.15) is 20.7 Å². The normalized spacial score (nSPS) is 17.4. The molecular weight excluding hydrogens is 456 g/mol. The molecule has 2 aliphatic heterocycles. The van der Waals surface area contributed by atoms with Gasteiger partial charge in [-0.25, -0.2) is 0 Å². The molecule has 3 amide bonds. The number of pyridine rings is 1. The number of hydrogen-bond acceptors (Lipinski definition) is 5. The molecule has 0 radical (unpaired) electrons. The molecule has 0 saturated carbocycles. The van der Waals surface area contributed by atoms with Gasteiger partial charge in [0.25, 0.3) is 11.8 Å². The fourth-order valence-corrected chi connectivity index (χ4v) is 4.55. The summed E-state index contributed by atoms with van der Waals surface area (Å²) in [5, 5.41) is 3.40. The van der Waals surface area contributed by atoms with Gasteiger partial charge in [-0.3, -0.25) is 19.4 Å². The maximum absolute atomic E-state index is 13.5. The molecule has 172 valence electrons. The van der Waals surface area contributed by atoms with E-state index < -0.39 is 6.04 Å². The first-order valence-corrected chi connectivity index (χ1v) is 11.1. The van der Waals surface area contributed by atoms with E-state index in [0.29, 0.717) is 34.1 Å². The summed E-state index contributed by atoms with van der Waals surface area (Å²) in [7, 11) is 1.57. The number of amides is 3. The molecule has 0 spiro atoms. The summed E-state index contributed by atoms with van der Waals surface area (Å²) in [6, 6.07) is 13.1. The molecule has 1 aromatic heterocycles. The second kappa shape index (κ2) is 8.79. The van der Waals surface area contributed by atoms with Gasteiger partial charge in [0.15, 0.2) is 0 Å². The van der Waals surface area contributed by atoms with Crippen LogP contribution in [0.25, 0.3) is 11.1 Å². The second-order valence-electron chi connectivity index (χ2n) is 8.10. The Morgan fingerprint density at radius 1 is 1.12 bits per heavy atom. The number of carbonyl (C=O) groups is 3. The van der Waals surface area contributed by atoms with Gasteiger partial charge < -0.3 is 19.9 Å². The van der Waals surface area contributed by atoms with E-state index in [1.54, 1.807) is 60.7 Å². The smallest absolute Gasteiger partial charge is 0.256 e. The van der Waals surface area contributed by atoms with Gasteiger partial charge in [-0.15, -0.1) is 0 Å². The molecule has 0 bridgehead atoms. The molecule has 1 fully saturated rings. The number of carbonyl (C=O) groups excluding carboxylic acids is 3. The Morgan fingerprint density at radius 2 is 1.97 bits per heavy atom. The van der Waals surface area contributed by atoms with Crippen LogP contribution in [0.5, 0.6) is 5.75 Å². The molecule has 9 heteroatoms. The van der Waals surface area contributed by atoms with Gasteiger partial charge in [0.1, 0.15) is 11.8 Å². The summed E-state index contributed by atoms with van der Waals surface area (Å²) in [4.78, 5) is 46.6. The van der Waals surface area contributed by atoms with E-state index >= 15 is 0 Å². The third-order valence-corrected chi connectivity index (χ3v) is 6.36. The van der Waals surface area contributed by atoms with Crippen LogP contribution in [0.2, 0.25) is 5.02 Å². The van der Waals surface area contributed by atoms with Crippen LogP contribution in [0.4, 0.5) is 5.69 Å². The zero-order chi connectivity index (χ0) is 23.8. The number of ether oxygens (including phenoxy) is 1. The van der Waals surface area contributed by atoms with Gasteiger partial charge in [-0.1, -0.05) is 17.7 Å². The lowest BCUT2D eigenvalue weighted by Crippen LogP contribution is -2.59. The minimum Gasteiger partial charge on any atom is -0.496 e. The SMILES string of the molecule is COc1ccc(Cl)cc1-c1ccc2c(c1)C(=O)N1CCN(C(=O)c3cccnc3)C[C@@H]1C(=O)N2. The number of nitrogens with one attached hydrogen (secondary N) is 1. The van der Waals surface area contributed by atoms with Crippen molar-refractivity contribution < 1.29 is 19.1 Å². The minimum atomic E-state index is -0.793. The Balaban J connectivity index is 1.46. The molecule has 5 rings (SSSR count). The monoisotopic (exact) mass is 476 g/mol. The van der Waals surface area contributed by atoms with Gasteiger partial charge in [0.05, 0.1) is 30.5 Å². The van der Waals surface area contributed by atoms with E-state index in [1.165, 1.54) is 11.1 Å². The molecule has 3 heterocycles. The zero-order valence-corrected chi connectivity index (χ0v) is 19.1. The Labute approximate surface area is 201 Å². The van der Waals surface area contributed by atoms with Crippen molar-refractivity contribution in [3.8, 4) is 16.9 Å². The lowest BCUT2D eigenvalue weighted by molar-refractivity contribution is -0.121. The van der Waals surface area contributed by atoms with Crippen molar-refractivity contribution in [1.29, 1.82) is 0 Å². The first-order chi connectivity index (χ1) is 16.5. The van der Waals surface area contributed by atoms with Gasteiger partial charge in [-0.05, 0) is 48.0 Å². The average molecular weight is 477 g/mol. The number of aromatic nitrogens is 1. The topological polar surface area (TPSA) is 91.8 Å². The Kier molecular flexibility index (Phi) is 5.67. The van der Waals surface area contributed by atoms with Crippen molar-refractivity contribution in [2.24, 2.45) is 0 Å². The second-order valence-corrected chi connectivity index (χ2v) is 8.54. The van der Waals surface area contributed by atoms with Crippen LogP contribution in [0.15, 0.2) is 60.9 Å². The van der Waals surface area contributed by atoms with E-state index in [9.17, 15) is 14.4 Å². The Hall–Kier alpha value is -3.91. The Bertz CT molecular complexity index is 1300. The first kappa shape index (κ1) is 21.9. The molecule has 34 heavy (non-hydrogen) atoms. The molecule has 1 atom stereocenters. The van der Waals surface area contributed by atoms with E-state index in [0.717, 1.165) is 11.1 Å². The van der Waals surface area contributed by atoms with Crippen LogP contribution in [0, 0.1) is 0 Å². The highest BCUT2D eigenvalue weighted by Gasteiger charge is 2.40. The zero-order valence-electron chi connectivity index (χ0n) is 18.3. The average Bonchev–Trinajstić information content (AvgIpc) is 2.97. The molecule has 0 unspecified atom stereocenters. The maximum atomic E-state index is 13.5. The Morgan fingerprint density at radius 3 is 2.74 bits per heavy atom. The predicted molar refractivity (Wildman–Crippen MR) is 127 cm³/mol. The van der Waals surface area contributed by atoms with Crippen LogP contribution >= 0.6 is 11.6 Å². The molecule has 1 N–H and O–H groups in total. The number of anilines is 1. The first-order valence-electron chi connectivity index (χ1n) is 10.8. The fourth-order valence-electron chi connectivity index (χ4n) is 4.38. The molecular formula is C25H21ClN4O4. The van der Waals surface area contributed by atoms with Crippen LogP contribution in [-0.2, 0) is 4.79 Å². The third kappa shape index (κ3) is 3.86. The molecule has 0 aliphatic carbocycles. The van der Waals surface area contributed by atoms with E-state index in [2.05, 4.69) is 10.3 Å². The number of piperazine rings is 1. The van der Waals surface area contributed by atoms with Crippen molar-refractivity contribution in [3.05, 3.63) is 77.1 Å². The standard InChI is InChI=1S/C25H21ClN4O4/c1-34-22-7-5-17(26)12-18(22)15-4-6-20-19(11-15)25(33)30-10-9-29(14-21(30)23(31)28-20)24(32)16-3-2-8-27-13-16/h2-8,11-13,21H,9-10,14H2,1H3,(H,28,31)/t21-/m1/s1.